The van der Waals surface area contributed by atoms with Crippen molar-refractivity contribution in [2.75, 3.05) is 0 Å². The summed E-state index contributed by atoms with van der Waals surface area (Å²) >= 11 is 0. The lowest BCUT2D eigenvalue weighted by molar-refractivity contribution is 0.383. The van der Waals surface area contributed by atoms with Crippen LogP contribution in [0.2, 0.25) is 0 Å². The molecule has 19 heavy (non-hydrogen) atoms. The van der Waals surface area contributed by atoms with E-state index in [1.807, 2.05) is 0 Å². The van der Waals surface area contributed by atoms with Gasteiger partial charge in [0.15, 0.2) is 0 Å². The SMILES string of the molecule is CCCCC(CC)CC(N)Cc1ccc(C)c(C)c1. The van der Waals surface area contributed by atoms with Crippen molar-refractivity contribution in [2.24, 2.45) is 11.7 Å². The Morgan fingerprint density at radius 3 is 2.42 bits per heavy atom. The van der Waals surface area contributed by atoms with Gasteiger partial charge in [-0.05, 0) is 49.3 Å². The molecule has 2 unspecified atom stereocenters. The van der Waals surface area contributed by atoms with Crippen LogP contribution >= 0.6 is 0 Å². The minimum absolute atomic E-state index is 0.309. The topological polar surface area (TPSA) is 26.0 Å². The van der Waals surface area contributed by atoms with Crippen LogP contribution in [0.25, 0.3) is 0 Å². The Labute approximate surface area is 119 Å². The van der Waals surface area contributed by atoms with E-state index in [1.54, 1.807) is 0 Å². The minimum atomic E-state index is 0.309. The van der Waals surface area contributed by atoms with Gasteiger partial charge in [-0.15, -0.1) is 0 Å². The number of aryl methyl sites for hydroxylation is 2. The van der Waals surface area contributed by atoms with E-state index >= 15 is 0 Å². The van der Waals surface area contributed by atoms with E-state index in [0.29, 0.717) is 6.04 Å². The molecular weight excluding hydrogens is 230 g/mol. The third kappa shape index (κ3) is 5.78. The fourth-order valence-corrected chi connectivity index (χ4v) is 2.73. The van der Waals surface area contributed by atoms with Gasteiger partial charge >= 0.3 is 0 Å². The molecule has 0 saturated carbocycles. The maximum Gasteiger partial charge on any atom is 0.00819 e. The third-order valence-corrected chi connectivity index (χ3v) is 4.25. The predicted molar refractivity (Wildman–Crippen MR) is 85.5 cm³/mol. The van der Waals surface area contributed by atoms with E-state index < -0.39 is 0 Å². The van der Waals surface area contributed by atoms with Crippen molar-refractivity contribution in [2.45, 2.75) is 72.3 Å². The van der Waals surface area contributed by atoms with E-state index in [2.05, 4.69) is 45.9 Å². The molecule has 0 aliphatic carbocycles. The molecule has 0 saturated heterocycles. The van der Waals surface area contributed by atoms with Gasteiger partial charge in [-0.3, -0.25) is 0 Å². The van der Waals surface area contributed by atoms with Gasteiger partial charge in [0.25, 0.3) is 0 Å². The van der Waals surface area contributed by atoms with Crippen LogP contribution in [0.5, 0.6) is 0 Å². The molecule has 1 heteroatoms. The summed E-state index contributed by atoms with van der Waals surface area (Å²) in [6.07, 6.45) is 7.43. The van der Waals surface area contributed by atoms with Crippen LogP contribution in [0.4, 0.5) is 0 Å². The van der Waals surface area contributed by atoms with E-state index in [1.165, 1.54) is 48.8 Å². The van der Waals surface area contributed by atoms with Gasteiger partial charge in [-0.25, -0.2) is 0 Å². The highest BCUT2D eigenvalue weighted by Crippen LogP contribution is 2.20. The van der Waals surface area contributed by atoms with Crippen LogP contribution in [0.15, 0.2) is 18.2 Å². The van der Waals surface area contributed by atoms with Gasteiger partial charge in [-0.2, -0.15) is 0 Å². The highest BCUT2D eigenvalue weighted by Gasteiger charge is 2.12. The maximum absolute atomic E-state index is 6.34. The van der Waals surface area contributed by atoms with Crippen LogP contribution in [0.1, 0.15) is 62.6 Å². The zero-order chi connectivity index (χ0) is 14.3. The maximum atomic E-state index is 6.34. The van der Waals surface area contributed by atoms with E-state index in [9.17, 15) is 0 Å². The number of hydrogen-bond donors (Lipinski definition) is 1. The zero-order valence-electron chi connectivity index (χ0n) is 13.2. The first kappa shape index (κ1) is 16.2. The summed E-state index contributed by atoms with van der Waals surface area (Å²) in [4.78, 5) is 0. The van der Waals surface area contributed by atoms with Crippen molar-refractivity contribution in [3.05, 3.63) is 34.9 Å². The van der Waals surface area contributed by atoms with E-state index in [0.717, 1.165) is 12.3 Å². The summed E-state index contributed by atoms with van der Waals surface area (Å²) in [5, 5.41) is 0. The quantitative estimate of drug-likeness (QED) is 0.716. The second-order valence-corrected chi connectivity index (χ2v) is 6.04. The van der Waals surface area contributed by atoms with Gasteiger partial charge in [-0.1, -0.05) is 57.7 Å². The Morgan fingerprint density at radius 2 is 1.84 bits per heavy atom. The van der Waals surface area contributed by atoms with E-state index in [-0.39, 0.29) is 0 Å². The highest BCUT2D eigenvalue weighted by molar-refractivity contribution is 5.30. The van der Waals surface area contributed by atoms with Crippen molar-refractivity contribution in [1.29, 1.82) is 0 Å². The molecule has 1 aromatic rings. The fourth-order valence-electron chi connectivity index (χ4n) is 2.73. The van der Waals surface area contributed by atoms with E-state index in [4.69, 9.17) is 5.73 Å². The molecule has 0 bridgehead atoms. The number of rotatable bonds is 8. The molecule has 2 N–H and O–H groups in total. The lowest BCUT2D eigenvalue weighted by atomic mass is 9.89. The normalized spacial score (nSPS) is 14.4. The van der Waals surface area contributed by atoms with Gasteiger partial charge in [0, 0.05) is 6.04 Å². The lowest BCUT2D eigenvalue weighted by Gasteiger charge is -2.20. The Balaban J connectivity index is 2.48. The summed E-state index contributed by atoms with van der Waals surface area (Å²) in [6, 6.07) is 7.05. The number of unbranched alkanes of at least 4 members (excludes halogenated alkanes) is 1. The van der Waals surface area contributed by atoms with Gasteiger partial charge in [0.05, 0.1) is 0 Å². The molecule has 0 aliphatic heterocycles. The molecule has 0 aromatic heterocycles. The number of nitrogens with two attached hydrogens (primary N) is 1. The van der Waals surface area contributed by atoms with Gasteiger partial charge in [0.1, 0.15) is 0 Å². The first-order valence-corrected chi connectivity index (χ1v) is 7.88. The molecule has 1 nitrogen and oxygen atoms in total. The fraction of sp³-hybridized carbons (Fsp3) is 0.667. The Morgan fingerprint density at radius 1 is 1.11 bits per heavy atom. The Kier molecular flexibility index (Phi) is 7.15. The molecule has 0 aliphatic rings. The van der Waals surface area contributed by atoms with Crippen molar-refractivity contribution in [3.8, 4) is 0 Å². The van der Waals surface area contributed by atoms with Crippen molar-refractivity contribution >= 4 is 0 Å². The molecule has 0 radical (unpaired) electrons. The van der Waals surface area contributed by atoms with Gasteiger partial charge < -0.3 is 5.73 Å². The molecule has 1 aromatic carbocycles. The standard InChI is InChI=1S/C18H31N/c1-5-7-8-16(6-2)12-18(19)13-17-10-9-14(3)15(4)11-17/h9-11,16,18H,5-8,12-13,19H2,1-4H3. The molecule has 1 rings (SSSR count). The third-order valence-electron chi connectivity index (χ3n) is 4.25. The molecule has 0 spiro atoms. The molecule has 0 fully saturated rings. The number of hydrogen-bond acceptors (Lipinski definition) is 1. The van der Waals surface area contributed by atoms with Crippen LogP contribution < -0.4 is 5.73 Å². The largest absolute Gasteiger partial charge is 0.327 e. The molecule has 0 amide bonds. The highest BCUT2D eigenvalue weighted by atomic mass is 14.6. The lowest BCUT2D eigenvalue weighted by Crippen LogP contribution is -2.26. The Hall–Kier alpha value is -0.820. The van der Waals surface area contributed by atoms with Gasteiger partial charge in [0.2, 0.25) is 0 Å². The predicted octanol–water partition coefficient (Wildman–Crippen LogP) is 4.78. The second-order valence-electron chi connectivity index (χ2n) is 6.04. The summed E-state index contributed by atoms with van der Waals surface area (Å²) in [5.74, 6) is 0.807. The smallest absolute Gasteiger partial charge is 0.00819 e. The monoisotopic (exact) mass is 261 g/mol. The Bertz CT molecular complexity index is 370. The molecule has 0 heterocycles. The zero-order valence-corrected chi connectivity index (χ0v) is 13.2. The number of benzene rings is 1. The average molecular weight is 261 g/mol. The van der Waals surface area contributed by atoms with Crippen molar-refractivity contribution < 1.29 is 0 Å². The summed E-state index contributed by atoms with van der Waals surface area (Å²) in [7, 11) is 0. The van der Waals surface area contributed by atoms with Crippen molar-refractivity contribution in [1.82, 2.24) is 0 Å². The summed E-state index contributed by atoms with van der Waals surface area (Å²) in [6.45, 7) is 8.90. The minimum Gasteiger partial charge on any atom is -0.327 e. The first-order valence-electron chi connectivity index (χ1n) is 7.88. The first-order chi connectivity index (χ1) is 9.06. The average Bonchev–Trinajstić information content (AvgIpc) is 2.38. The van der Waals surface area contributed by atoms with Crippen LogP contribution in [0, 0.1) is 19.8 Å². The van der Waals surface area contributed by atoms with Crippen molar-refractivity contribution in [3.63, 3.8) is 0 Å². The molecular formula is C18H31N. The summed E-state index contributed by atoms with van der Waals surface area (Å²) in [5.41, 5.74) is 10.5. The molecule has 108 valence electrons. The molecule has 2 atom stereocenters. The summed E-state index contributed by atoms with van der Waals surface area (Å²) < 4.78 is 0. The second kappa shape index (κ2) is 8.37. The van der Waals surface area contributed by atoms with Crippen LogP contribution in [-0.4, -0.2) is 6.04 Å². The van der Waals surface area contributed by atoms with Crippen LogP contribution in [-0.2, 0) is 6.42 Å². The van der Waals surface area contributed by atoms with Crippen LogP contribution in [0.3, 0.4) is 0 Å².